The van der Waals surface area contributed by atoms with Gasteiger partial charge in [-0.05, 0) is 30.9 Å². The molecule has 0 saturated heterocycles. The van der Waals surface area contributed by atoms with Crippen LogP contribution in [-0.2, 0) is 11.8 Å². The van der Waals surface area contributed by atoms with Gasteiger partial charge in [0.2, 0.25) is 0 Å². The van der Waals surface area contributed by atoms with Crippen molar-refractivity contribution in [2.24, 2.45) is 0 Å². The van der Waals surface area contributed by atoms with Gasteiger partial charge in [-0.2, -0.15) is 5.26 Å². The van der Waals surface area contributed by atoms with Crippen molar-refractivity contribution in [1.29, 1.82) is 5.26 Å². The van der Waals surface area contributed by atoms with Crippen LogP contribution in [0, 0.1) is 11.3 Å². The fraction of sp³-hybridized carbons (Fsp3) is 0.600. The average Bonchev–Trinajstić information content (AvgIpc) is 2.38. The third kappa shape index (κ3) is 2.85. The van der Waals surface area contributed by atoms with Crippen molar-refractivity contribution in [2.45, 2.75) is 58.8 Å². The number of hydrogen-bond acceptors (Lipinski definition) is 2. The maximum absolute atomic E-state index is 9.28. The Morgan fingerprint density at radius 1 is 1.35 bits per heavy atom. The second kappa shape index (κ2) is 5.82. The molecular weight excluding hydrogens is 208 g/mol. The highest BCUT2D eigenvalue weighted by atomic mass is 14.7. The summed E-state index contributed by atoms with van der Waals surface area (Å²) in [5, 5.41) is 9.28. The van der Waals surface area contributed by atoms with Crippen molar-refractivity contribution >= 4 is 0 Å². The van der Waals surface area contributed by atoms with Crippen molar-refractivity contribution in [2.75, 3.05) is 0 Å². The molecule has 17 heavy (non-hydrogen) atoms. The van der Waals surface area contributed by atoms with E-state index >= 15 is 0 Å². The highest BCUT2D eigenvalue weighted by molar-refractivity contribution is 5.39. The second-order valence-electron chi connectivity index (χ2n) is 4.87. The lowest BCUT2D eigenvalue weighted by Crippen LogP contribution is -2.23. The van der Waals surface area contributed by atoms with E-state index < -0.39 is 0 Å². The molecule has 0 fully saturated rings. The molecule has 0 bridgehead atoms. The van der Waals surface area contributed by atoms with Gasteiger partial charge in [-0.25, -0.2) is 0 Å². The smallest absolute Gasteiger partial charge is 0.101 e. The summed E-state index contributed by atoms with van der Waals surface area (Å²) < 4.78 is 0. The summed E-state index contributed by atoms with van der Waals surface area (Å²) in [7, 11) is 0. The van der Waals surface area contributed by atoms with Crippen molar-refractivity contribution in [1.82, 2.24) is 4.98 Å². The maximum Gasteiger partial charge on any atom is 0.101 e. The molecule has 0 aliphatic heterocycles. The van der Waals surface area contributed by atoms with Crippen LogP contribution >= 0.6 is 0 Å². The van der Waals surface area contributed by atoms with Gasteiger partial charge < -0.3 is 0 Å². The predicted molar refractivity (Wildman–Crippen MR) is 70.9 cm³/mol. The van der Waals surface area contributed by atoms with Crippen LogP contribution in [0.15, 0.2) is 12.3 Å². The van der Waals surface area contributed by atoms with Crippen LogP contribution in [0.25, 0.3) is 0 Å². The molecule has 0 aromatic carbocycles. The maximum atomic E-state index is 9.28. The summed E-state index contributed by atoms with van der Waals surface area (Å²) >= 11 is 0. The first-order chi connectivity index (χ1) is 8.11. The van der Waals surface area contributed by atoms with Crippen LogP contribution in [0.1, 0.15) is 63.8 Å². The van der Waals surface area contributed by atoms with Gasteiger partial charge >= 0.3 is 0 Å². The van der Waals surface area contributed by atoms with Gasteiger partial charge in [0.1, 0.15) is 6.07 Å². The molecule has 0 N–H and O–H groups in total. The zero-order valence-corrected chi connectivity index (χ0v) is 11.4. The molecule has 0 aliphatic rings. The minimum Gasteiger partial charge on any atom is -0.259 e. The van der Waals surface area contributed by atoms with E-state index in [0.29, 0.717) is 0 Å². The summed E-state index contributed by atoms with van der Waals surface area (Å²) in [4.78, 5) is 4.56. The highest BCUT2D eigenvalue weighted by Crippen LogP contribution is 2.33. The van der Waals surface area contributed by atoms with Crippen LogP contribution in [0.4, 0.5) is 0 Å². The molecule has 2 heteroatoms. The van der Waals surface area contributed by atoms with Crippen LogP contribution in [0.3, 0.4) is 0 Å². The molecule has 0 aliphatic carbocycles. The van der Waals surface area contributed by atoms with Gasteiger partial charge in [-0.3, -0.25) is 4.98 Å². The molecule has 1 rings (SSSR count). The van der Waals surface area contributed by atoms with Gasteiger partial charge in [0.25, 0.3) is 0 Å². The largest absolute Gasteiger partial charge is 0.259 e. The molecule has 0 amide bonds. The summed E-state index contributed by atoms with van der Waals surface area (Å²) in [6, 6.07) is 4.30. The number of aromatic nitrogens is 1. The number of nitriles is 1. The molecule has 1 heterocycles. The summed E-state index contributed by atoms with van der Waals surface area (Å²) in [5.41, 5.74) is 2.90. The standard InChI is InChI=1S/C15H22N2/c1-5-8-15(4,7-3)14-13(10-16)9-12(6-2)11-17-14/h9,11H,5-8H2,1-4H3. The Bertz CT molecular complexity index is 417. The van der Waals surface area contributed by atoms with Crippen LogP contribution in [0.5, 0.6) is 0 Å². The fourth-order valence-corrected chi connectivity index (χ4v) is 2.28. The Labute approximate surface area is 105 Å². The molecule has 0 radical (unpaired) electrons. The second-order valence-corrected chi connectivity index (χ2v) is 4.87. The number of aryl methyl sites for hydroxylation is 1. The lowest BCUT2D eigenvalue weighted by atomic mass is 9.77. The fourth-order valence-electron chi connectivity index (χ4n) is 2.28. The number of pyridine rings is 1. The highest BCUT2D eigenvalue weighted by Gasteiger charge is 2.28. The molecule has 92 valence electrons. The monoisotopic (exact) mass is 230 g/mol. The molecule has 2 nitrogen and oxygen atoms in total. The Balaban J connectivity index is 3.25. The summed E-state index contributed by atoms with van der Waals surface area (Å²) in [6.45, 7) is 8.65. The van der Waals surface area contributed by atoms with Gasteiger partial charge in [-0.15, -0.1) is 0 Å². The first kappa shape index (κ1) is 13.7. The first-order valence-electron chi connectivity index (χ1n) is 6.50. The Hall–Kier alpha value is -1.36. The zero-order valence-electron chi connectivity index (χ0n) is 11.4. The predicted octanol–water partition coefficient (Wildman–Crippen LogP) is 3.98. The third-order valence-corrected chi connectivity index (χ3v) is 3.63. The van der Waals surface area contributed by atoms with E-state index in [-0.39, 0.29) is 5.41 Å². The van der Waals surface area contributed by atoms with Crippen molar-refractivity contribution in [3.05, 3.63) is 29.1 Å². The molecular formula is C15H22N2. The van der Waals surface area contributed by atoms with Crippen molar-refractivity contribution in [3.63, 3.8) is 0 Å². The van der Waals surface area contributed by atoms with Gasteiger partial charge in [-0.1, -0.05) is 34.1 Å². The zero-order chi connectivity index (χ0) is 12.9. The molecule has 1 unspecified atom stereocenters. The molecule has 1 aromatic heterocycles. The van der Waals surface area contributed by atoms with E-state index in [0.717, 1.165) is 42.5 Å². The van der Waals surface area contributed by atoms with Crippen LogP contribution in [0.2, 0.25) is 0 Å². The minimum atomic E-state index is 0.0338. The van der Waals surface area contributed by atoms with Crippen molar-refractivity contribution < 1.29 is 0 Å². The molecule has 0 spiro atoms. The van der Waals surface area contributed by atoms with E-state index in [4.69, 9.17) is 0 Å². The van der Waals surface area contributed by atoms with E-state index in [9.17, 15) is 5.26 Å². The van der Waals surface area contributed by atoms with Gasteiger partial charge in [0, 0.05) is 11.6 Å². The third-order valence-electron chi connectivity index (χ3n) is 3.63. The summed E-state index contributed by atoms with van der Waals surface area (Å²) in [6.07, 6.45) is 6.06. The van der Waals surface area contributed by atoms with E-state index in [2.05, 4.69) is 38.7 Å². The minimum absolute atomic E-state index is 0.0338. The average molecular weight is 230 g/mol. The van der Waals surface area contributed by atoms with Crippen LogP contribution < -0.4 is 0 Å². The molecule has 1 atom stereocenters. The number of hydrogen-bond donors (Lipinski definition) is 0. The lowest BCUT2D eigenvalue weighted by molar-refractivity contribution is 0.401. The quantitative estimate of drug-likeness (QED) is 0.767. The van der Waals surface area contributed by atoms with Gasteiger partial charge in [0.15, 0.2) is 0 Å². The van der Waals surface area contributed by atoms with Crippen LogP contribution in [-0.4, -0.2) is 4.98 Å². The topological polar surface area (TPSA) is 36.7 Å². The SMILES string of the molecule is CCCC(C)(CC)c1ncc(CC)cc1C#N. The Morgan fingerprint density at radius 3 is 2.53 bits per heavy atom. The number of nitrogens with zero attached hydrogens (tertiary/aromatic N) is 2. The normalized spacial score (nSPS) is 14.1. The van der Waals surface area contributed by atoms with Crippen molar-refractivity contribution in [3.8, 4) is 6.07 Å². The Kier molecular flexibility index (Phi) is 4.69. The summed E-state index contributed by atoms with van der Waals surface area (Å²) in [5.74, 6) is 0. The number of rotatable bonds is 5. The lowest BCUT2D eigenvalue weighted by Gasteiger charge is -2.28. The Morgan fingerprint density at radius 2 is 2.06 bits per heavy atom. The molecule has 1 aromatic rings. The van der Waals surface area contributed by atoms with E-state index in [1.54, 1.807) is 0 Å². The van der Waals surface area contributed by atoms with E-state index in [1.807, 2.05) is 12.3 Å². The van der Waals surface area contributed by atoms with Gasteiger partial charge in [0.05, 0.1) is 11.3 Å². The molecule has 0 saturated carbocycles. The van der Waals surface area contributed by atoms with E-state index in [1.165, 1.54) is 0 Å². The first-order valence-corrected chi connectivity index (χ1v) is 6.50.